The maximum absolute atomic E-state index is 12.1. The predicted octanol–water partition coefficient (Wildman–Crippen LogP) is 4.90. The smallest absolute Gasteiger partial charge is 0.252 e. The van der Waals surface area contributed by atoms with Crippen molar-refractivity contribution < 1.29 is 4.79 Å². The third-order valence-corrected chi connectivity index (χ3v) is 4.95. The van der Waals surface area contributed by atoms with Gasteiger partial charge in [0.15, 0.2) is 0 Å². The predicted molar refractivity (Wildman–Crippen MR) is 113 cm³/mol. The quantitative estimate of drug-likeness (QED) is 0.475. The summed E-state index contributed by atoms with van der Waals surface area (Å²) in [5.74, 6) is -0.0677. The van der Waals surface area contributed by atoms with Crippen LogP contribution in [0.5, 0.6) is 0 Å². The number of benzene rings is 2. The minimum Gasteiger partial charge on any atom is -0.361 e. The van der Waals surface area contributed by atoms with Crippen LogP contribution in [0.4, 0.5) is 0 Å². The summed E-state index contributed by atoms with van der Waals surface area (Å²) in [5, 5.41) is 4.18. The van der Waals surface area contributed by atoms with Crippen LogP contribution in [0, 0.1) is 6.92 Å². The highest BCUT2D eigenvalue weighted by Crippen LogP contribution is 2.27. The zero-order chi connectivity index (χ0) is 19.3. The average Bonchev–Trinajstić information content (AvgIpc) is 3.21. The molecule has 4 heteroatoms. The Hall–Kier alpha value is -3.40. The molecule has 0 aliphatic rings. The fraction of sp³-hybridized carbons (Fsp3) is 0.167. The van der Waals surface area contributed by atoms with Crippen molar-refractivity contribution in [2.45, 2.75) is 19.8 Å². The van der Waals surface area contributed by atoms with Gasteiger partial charge in [-0.05, 0) is 54.5 Å². The van der Waals surface area contributed by atoms with E-state index in [2.05, 4.69) is 63.8 Å². The molecule has 2 heterocycles. The van der Waals surface area contributed by atoms with Crippen molar-refractivity contribution in [1.29, 1.82) is 0 Å². The van der Waals surface area contributed by atoms with Crippen LogP contribution < -0.4 is 5.32 Å². The highest BCUT2D eigenvalue weighted by atomic mass is 16.1. The molecule has 0 unspecified atom stereocenters. The van der Waals surface area contributed by atoms with E-state index >= 15 is 0 Å². The molecule has 0 atom stereocenters. The molecule has 0 aliphatic carbocycles. The lowest BCUT2D eigenvalue weighted by Gasteiger charge is -2.07. The maximum atomic E-state index is 12.1. The van der Waals surface area contributed by atoms with Gasteiger partial charge in [0.1, 0.15) is 0 Å². The van der Waals surface area contributed by atoms with Crippen LogP contribution in [-0.2, 0) is 6.42 Å². The first-order valence-electron chi connectivity index (χ1n) is 9.57. The first-order chi connectivity index (χ1) is 13.7. The van der Waals surface area contributed by atoms with Gasteiger partial charge in [0, 0.05) is 30.2 Å². The number of para-hydroxylation sites is 1. The summed E-state index contributed by atoms with van der Waals surface area (Å²) in [6, 6.07) is 20.8. The van der Waals surface area contributed by atoms with Crippen molar-refractivity contribution in [3.8, 4) is 11.1 Å². The molecule has 2 N–H and O–H groups in total. The summed E-state index contributed by atoms with van der Waals surface area (Å²) in [4.78, 5) is 19.6. The highest BCUT2D eigenvalue weighted by Gasteiger charge is 2.06. The van der Waals surface area contributed by atoms with Gasteiger partial charge in [0.05, 0.1) is 11.1 Å². The van der Waals surface area contributed by atoms with Crippen LogP contribution in [0.25, 0.3) is 22.0 Å². The van der Waals surface area contributed by atoms with Gasteiger partial charge in [0.25, 0.3) is 5.91 Å². The van der Waals surface area contributed by atoms with E-state index in [1.807, 2.05) is 19.2 Å². The molecule has 0 spiro atoms. The molecule has 2 aromatic heterocycles. The van der Waals surface area contributed by atoms with Gasteiger partial charge < -0.3 is 10.3 Å². The summed E-state index contributed by atoms with van der Waals surface area (Å²) < 4.78 is 0. The van der Waals surface area contributed by atoms with Gasteiger partial charge in [-0.15, -0.1) is 0 Å². The van der Waals surface area contributed by atoms with Gasteiger partial charge in [-0.1, -0.05) is 42.5 Å². The number of rotatable bonds is 6. The number of nitrogens with one attached hydrogen (secondary N) is 2. The second kappa shape index (κ2) is 8.09. The number of amides is 1. The fourth-order valence-electron chi connectivity index (χ4n) is 3.38. The second-order valence-electron chi connectivity index (χ2n) is 6.99. The number of carbonyl (C=O) groups excluding carboxylic acids is 1. The zero-order valence-corrected chi connectivity index (χ0v) is 15.9. The van der Waals surface area contributed by atoms with Crippen molar-refractivity contribution >= 4 is 16.8 Å². The third-order valence-electron chi connectivity index (χ3n) is 4.95. The van der Waals surface area contributed by atoms with Gasteiger partial charge in [-0.25, -0.2) is 0 Å². The van der Waals surface area contributed by atoms with E-state index in [1.54, 1.807) is 12.3 Å². The lowest BCUT2D eigenvalue weighted by atomic mass is 10.0. The number of nitrogens with zero attached hydrogens (tertiary/aromatic N) is 1. The standard InChI is InChI=1S/C24H23N3O/c1-17-7-10-21(16-27-17)24(28)26-14-3-4-18-8-11-19(12-9-18)22-6-2-5-20-13-15-25-23(20)22/h2,5-13,15-16,25H,3-4,14H2,1H3,(H,26,28). The summed E-state index contributed by atoms with van der Waals surface area (Å²) in [6.45, 7) is 2.56. The Morgan fingerprint density at radius 1 is 1.04 bits per heavy atom. The first-order valence-corrected chi connectivity index (χ1v) is 9.57. The van der Waals surface area contributed by atoms with E-state index in [9.17, 15) is 4.79 Å². The molecule has 0 saturated heterocycles. The van der Waals surface area contributed by atoms with Crippen LogP contribution in [0.15, 0.2) is 73.1 Å². The maximum Gasteiger partial charge on any atom is 0.252 e. The van der Waals surface area contributed by atoms with E-state index in [0.717, 1.165) is 18.5 Å². The summed E-state index contributed by atoms with van der Waals surface area (Å²) >= 11 is 0. The van der Waals surface area contributed by atoms with E-state index < -0.39 is 0 Å². The topological polar surface area (TPSA) is 57.8 Å². The number of carbonyl (C=O) groups is 1. The normalized spacial score (nSPS) is 10.9. The van der Waals surface area contributed by atoms with Gasteiger partial charge in [-0.3, -0.25) is 9.78 Å². The van der Waals surface area contributed by atoms with Crippen molar-refractivity contribution in [3.63, 3.8) is 0 Å². The van der Waals surface area contributed by atoms with E-state index in [-0.39, 0.29) is 5.91 Å². The van der Waals surface area contributed by atoms with Gasteiger partial charge in [-0.2, -0.15) is 0 Å². The van der Waals surface area contributed by atoms with Crippen LogP contribution >= 0.6 is 0 Å². The number of fused-ring (bicyclic) bond motifs is 1. The number of hydrogen-bond acceptors (Lipinski definition) is 2. The molecular formula is C24H23N3O. The van der Waals surface area contributed by atoms with Crippen LogP contribution in [-0.4, -0.2) is 22.4 Å². The Morgan fingerprint density at radius 2 is 1.89 bits per heavy atom. The Morgan fingerprint density at radius 3 is 2.68 bits per heavy atom. The van der Waals surface area contributed by atoms with Crippen molar-refractivity contribution in [2.24, 2.45) is 0 Å². The molecule has 0 aliphatic heterocycles. The van der Waals surface area contributed by atoms with Crippen molar-refractivity contribution in [1.82, 2.24) is 15.3 Å². The number of aromatic amines is 1. The SMILES string of the molecule is Cc1ccc(C(=O)NCCCc2ccc(-c3cccc4cc[nH]c34)cc2)cn1. The summed E-state index contributed by atoms with van der Waals surface area (Å²) in [5.41, 5.74) is 6.38. The van der Waals surface area contributed by atoms with Crippen molar-refractivity contribution in [3.05, 3.63) is 89.9 Å². The molecule has 4 rings (SSSR count). The molecule has 2 aromatic carbocycles. The molecule has 0 saturated carbocycles. The lowest BCUT2D eigenvalue weighted by Crippen LogP contribution is -2.24. The lowest BCUT2D eigenvalue weighted by molar-refractivity contribution is 0.0953. The Bertz CT molecular complexity index is 1080. The highest BCUT2D eigenvalue weighted by molar-refractivity contribution is 5.94. The van der Waals surface area contributed by atoms with E-state index in [1.165, 1.54) is 27.6 Å². The fourth-order valence-corrected chi connectivity index (χ4v) is 3.38. The minimum absolute atomic E-state index is 0.0677. The number of pyridine rings is 1. The summed E-state index contributed by atoms with van der Waals surface area (Å²) in [6.07, 6.45) is 5.42. The Balaban J connectivity index is 1.32. The average molecular weight is 369 g/mol. The molecule has 0 fully saturated rings. The molecule has 0 radical (unpaired) electrons. The third kappa shape index (κ3) is 3.96. The van der Waals surface area contributed by atoms with Crippen LogP contribution in [0.3, 0.4) is 0 Å². The number of aryl methyl sites for hydroxylation is 2. The van der Waals surface area contributed by atoms with Gasteiger partial charge in [0.2, 0.25) is 0 Å². The van der Waals surface area contributed by atoms with Crippen molar-refractivity contribution in [2.75, 3.05) is 6.54 Å². The molecule has 4 aromatic rings. The Kier molecular flexibility index (Phi) is 5.20. The molecule has 4 nitrogen and oxygen atoms in total. The largest absolute Gasteiger partial charge is 0.361 e. The Labute approximate surface area is 164 Å². The van der Waals surface area contributed by atoms with Crippen LogP contribution in [0.2, 0.25) is 0 Å². The monoisotopic (exact) mass is 369 g/mol. The van der Waals surface area contributed by atoms with Gasteiger partial charge >= 0.3 is 0 Å². The van der Waals surface area contributed by atoms with Crippen LogP contribution in [0.1, 0.15) is 28.0 Å². The molecule has 0 bridgehead atoms. The first kappa shape index (κ1) is 18.0. The minimum atomic E-state index is -0.0677. The number of aromatic nitrogens is 2. The molecule has 1 amide bonds. The van der Waals surface area contributed by atoms with E-state index in [0.29, 0.717) is 12.1 Å². The number of hydrogen-bond donors (Lipinski definition) is 2. The molecule has 140 valence electrons. The number of H-pyrrole nitrogens is 1. The molecule has 28 heavy (non-hydrogen) atoms. The second-order valence-corrected chi connectivity index (χ2v) is 6.99. The van der Waals surface area contributed by atoms with E-state index in [4.69, 9.17) is 0 Å². The zero-order valence-electron chi connectivity index (χ0n) is 15.9. The summed E-state index contributed by atoms with van der Waals surface area (Å²) in [7, 11) is 0. The molecular weight excluding hydrogens is 346 g/mol.